The lowest BCUT2D eigenvalue weighted by Crippen LogP contribution is -2.56. The molecule has 0 radical (unpaired) electrons. The van der Waals surface area contributed by atoms with Gasteiger partial charge in [0.15, 0.2) is 0 Å². The maximum atomic E-state index is 9.65. The molecule has 1 aromatic rings. The van der Waals surface area contributed by atoms with Gasteiger partial charge in [0.25, 0.3) is 0 Å². The Morgan fingerprint density at radius 3 is 2.79 bits per heavy atom. The van der Waals surface area contributed by atoms with E-state index in [9.17, 15) is 5.11 Å². The van der Waals surface area contributed by atoms with Gasteiger partial charge in [-0.2, -0.15) is 0 Å². The molecule has 3 unspecified atom stereocenters. The number of phenolic OH excluding ortho intramolecular Hbond substituents is 1. The number of rotatable bonds is 4. The Morgan fingerprint density at radius 2 is 2.16 bits per heavy atom. The van der Waals surface area contributed by atoms with Gasteiger partial charge in [0, 0.05) is 31.2 Å². The van der Waals surface area contributed by atoms with Crippen LogP contribution in [0.4, 0.5) is 0 Å². The summed E-state index contributed by atoms with van der Waals surface area (Å²) >= 11 is 0. The lowest BCUT2D eigenvalue weighted by molar-refractivity contribution is 0.0849. The summed E-state index contributed by atoms with van der Waals surface area (Å²) < 4.78 is 0. The van der Waals surface area contributed by atoms with Gasteiger partial charge in [-0.3, -0.25) is 4.90 Å². The SMILES string of the molecule is CCC1CN(C(C)c2cccc(O)c2)C(CC)CN1. The molecule has 1 aliphatic rings. The molecule has 19 heavy (non-hydrogen) atoms. The fourth-order valence-electron chi connectivity index (χ4n) is 2.99. The summed E-state index contributed by atoms with van der Waals surface area (Å²) in [7, 11) is 0. The first-order valence-corrected chi connectivity index (χ1v) is 7.43. The number of nitrogens with one attached hydrogen (secondary N) is 1. The van der Waals surface area contributed by atoms with Crippen LogP contribution in [0.15, 0.2) is 24.3 Å². The maximum Gasteiger partial charge on any atom is 0.115 e. The van der Waals surface area contributed by atoms with Crippen molar-refractivity contribution >= 4 is 0 Å². The molecule has 1 aliphatic heterocycles. The monoisotopic (exact) mass is 262 g/mol. The highest BCUT2D eigenvalue weighted by molar-refractivity contribution is 5.29. The molecule has 1 saturated heterocycles. The Morgan fingerprint density at radius 1 is 1.37 bits per heavy atom. The van der Waals surface area contributed by atoms with Crippen LogP contribution in [0.5, 0.6) is 5.75 Å². The summed E-state index contributed by atoms with van der Waals surface area (Å²) in [5.74, 6) is 0.361. The average molecular weight is 262 g/mol. The molecule has 1 fully saturated rings. The zero-order valence-corrected chi connectivity index (χ0v) is 12.3. The maximum absolute atomic E-state index is 9.65. The van der Waals surface area contributed by atoms with E-state index in [2.05, 4.69) is 37.1 Å². The molecule has 2 rings (SSSR count). The number of hydrogen-bond acceptors (Lipinski definition) is 3. The highest BCUT2D eigenvalue weighted by atomic mass is 16.3. The second-order valence-electron chi connectivity index (χ2n) is 5.54. The molecule has 0 amide bonds. The van der Waals surface area contributed by atoms with Gasteiger partial charge in [0.1, 0.15) is 5.75 Å². The molecule has 1 aromatic carbocycles. The van der Waals surface area contributed by atoms with Gasteiger partial charge in [0.05, 0.1) is 0 Å². The van der Waals surface area contributed by atoms with E-state index >= 15 is 0 Å². The standard InChI is InChI=1S/C16H26N2O/c1-4-14-11-18(15(5-2)10-17-14)12(3)13-7-6-8-16(19)9-13/h6-9,12,14-15,17,19H,4-5,10-11H2,1-3H3. The lowest BCUT2D eigenvalue weighted by Gasteiger charge is -2.43. The third-order valence-electron chi connectivity index (χ3n) is 4.36. The van der Waals surface area contributed by atoms with E-state index in [-0.39, 0.29) is 0 Å². The van der Waals surface area contributed by atoms with Gasteiger partial charge in [-0.15, -0.1) is 0 Å². The molecule has 0 saturated carbocycles. The summed E-state index contributed by atoms with van der Waals surface area (Å²) in [6.07, 6.45) is 2.33. The van der Waals surface area contributed by atoms with Crippen LogP contribution < -0.4 is 5.32 Å². The molecule has 3 atom stereocenters. The first kappa shape index (κ1) is 14.4. The van der Waals surface area contributed by atoms with Crippen LogP contribution in [0.2, 0.25) is 0 Å². The first-order chi connectivity index (χ1) is 9.15. The van der Waals surface area contributed by atoms with Crippen LogP contribution in [-0.4, -0.2) is 35.2 Å². The summed E-state index contributed by atoms with van der Waals surface area (Å²) in [5.41, 5.74) is 1.20. The van der Waals surface area contributed by atoms with E-state index in [0.29, 0.717) is 23.9 Å². The first-order valence-electron chi connectivity index (χ1n) is 7.43. The van der Waals surface area contributed by atoms with Crippen molar-refractivity contribution in [2.45, 2.75) is 51.7 Å². The van der Waals surface area contributed by atoms with Gasteiger partial charge in [-0.1, -0.05) is 26.0 Å². The van der Waals surface area contributed by atoms with Gasteiger partial charge < -0.3 is 10.4 Å². The van der Waals surface area contributed by atoms with Crippen molar-refractivity contribution in [3.63, 3.8) is 0 Å². The van der Waals surface area contributed by atoms with Crippen LogP contribution in [0.3, 0.4) is 0 Å². The van der Waals surface area contributed by atoms with Crippen LogP contribution in [0.1, 0.15) is 45.2 Å². The average Bonchev–Trinajstić information content (AvgIpc) is 2.45. The van der Waals surface area contributed by atoms with E-state index in [1.165, 1.54) is 12.0 Å². The minimum atomic E-state index is 0.355. The number of aromatic hydroxyl groups is 1. The van der Waals surface area contributed by atoms with Crippen LogP contribution >= 0.6 is 0 Å². The van der Waals surface area contributed by atoms with E-state index in [1.807, 2.05) is 12.1 Å². The molecule has 106 valence electrons. The normalized spacial score (nSPS) is 26.3. The minimum absolute atomic E-state index is 0.355. The van der Waals surface area contributed by atoms with Crippen molar-refractivity contribution in [2.24, 2.45) is 0 Å². The molecular formula is C16H26N2O. The summed E-state index contributed by atoms with van der Waals surface area (Å²) in [6.45, 7) is 8.89. The summed E-state index contributed by atoms with van der Waals surface area (Å²) in [4.78, 5) is 2.58. The van der Waals surface area contributed by atoms with E-state index < -0.39 is 0 Å². The van der Waals surface area contributed by atoms with Crippen molar-refractivity contribution in [1.82, 2.24) is 10.2 Å². The van der Waals surface area contributed by atoms with Crippen LogP contribution in [0.25, 0.3) is 0 Å². The quantitative estimate of drug-likeness (QED) is 0.876. The van der Waals surface area contributed by atoms with Crippen molar-refractivity contribution in [3.8, 4) is 5.75 Å². The molecule has 0 bridgehead atoms. The van der Waals surface area contributed by atoms with Gasteiger partial charge in [-0.25, -0.2) is 0 Å². The third kappa shape index (κ3) is 3.28. The summed E-state index contributed by atoms with van der Waals surface area (Å²) in [6, 6.07) is 9.19. The van der Waals surface area contributed by atoms with E-state index in [1.54, 1.807) is 6.07 Å². The smallest absolute Gasteiger partial charge is 0.115 e. The van der Waals surface area contributed by atoms with Crippen LogP contribution in [-0.2, 0) is 0 Å². The Balaban J connectivity index is 2.16. The predicted molar refractivity (Wildman–Crippen MR) is 79.4 cm³/mol. The third-order valence-corrected chi connectivity index (χ3v) is 4.36. The van der Waals surface area contributed by atoms with Crippen molar-refractivity contribution in [2.75, 3.05) is 13.1 Å². The second-order valence-corrected chi connectivity index (χ2v) is 5.54. The lowest BCUT2D eigenvalue weighted by atomic mass is 9.99. The van der Waals surface area contributed by atoms with E-state index in [4.69, 9.17) is 0 Å². The minimum Gasteiger partial charge on any atom is -0.508 e. The number of hydrogen-bond donors (Lipinski definition) is 2. The molecule has 3 heteroatoms. The van der Waals surface area contributed by atoms with Crippen molar-refractivity contribution < 1.29 is 5.11 Å². The van der Waals surface area contributed by atoms with E-state index in [0.717, 1.165) is 19.5 Å². The molecular weight excluding hydrogens is 236 g/mol. The fraction of sp³-hybridized carbons (Fsp3) is 0.625. The molecule has 0 aliphatic carbocycles. The molecule has 1 heterocycles. The van der Waals surface area contributed by atoms with Gasteiger partial charge in [0.2, 0.25) is 0 Å². The highest BCUT2D eigenvalue weighted by Gasteiger charge is 2.29. The molecule has 0 aromatic heterocycles. The Labute approximate surface area is 116 Å². The number of piperazine rings is 1. The Hall–Kier alpha value is -1.06. The molecule has 0 spiro atoms. The number of benzene rings is 1. The van der Waals surface area contributed by atoms with Crippen LogP contribution in [0, 0.1) is 0 Å². The highest BCUT2D eigenvalue weighted by Crippen LogP contribution is 2.28. The molecule has 2 N–H and O–H groups in total. The topological polar surface area (TPSA) is 35.5 Å². The zero-order valence-electron chi connectivity index (χ0n) is 12.3. The van der Waals surface area contributed by atoms with Gasteiger partial charge >= 0.3 is 0 Å². The fourth-order valence-corrected chi connectivity index (χ4v) is 2.99. The number of nitrogens with zero attached hydrogens (tertiary/aromatic N) is 1. The van der Waals surface area contributed by atoms with Crippen molar-refractivity contribution in [3.05, 3.63) is 29.8 Å². The molecule has 3 nitrogen and oxygen atoms in total. The van der Waals surface area contributed by atoms with Crippen molar-refractivity contribution in [1.29, 1.82) is 0 Å². The Bertz CT molecular complexity index is 407. The summed E-state index contributed by atoms with van der Waals surface area (Å²) in [5, 5.41) is 13.3. The Kier molecular flexibility index (Phi) is 4.83. The largest absolute Gasteiger partial charge is 0.508 e. The second kappa shape index (κ2) is 6.40. The predicted octanol–water partition coefficient (Wildman–Crippen LogP) is 2.92. The zero-order chi connectivity index (χ0) is 13.8. The number of phenols is 1. The van der Waals surface area contributed by atoms with Gasteiger partial charge in [-0.05, 0) is 37.5 Å².